The molecule has 8 heteroatoms. The Labute approximate surface area is 172 Å². The number of rotatable bonds is 7. The molecule has 7 nitrogen and oxygen atoms in total. The van der Waals surface area contributed by atoms with E-state index in [9.17, 15) is 9.59 Å². The van der Waals surface area contributed by atoms with Crippen molar-refractivity contribution in [1.29, 1.82) is 0 Å². The normalized spacial score (nSPS) is 13.1. The van der Waals surface area contributed by atoms with E-state index >= 15 is 0 Å². The Kier molecular flexibility index (Phi) is 5.62. The predicted octanol–water partition coefficient (Wildman–Crippen LogP) is 3.29. The summed E-state index contributed by atoms with van der Waals surface area (Å²) in [6, 6.07) is 15.0. The maximum Gasteiger partial charge on any atom is 0.253 e. The predicted molar refractivity (Wildman–Crippen MR) is 115 cm³/mol. The van der Waals surface area contributed by atoms with Crippen LogP contribution in [0.15, 0.2) is 53.7 Å². The van der Waals surface area contributed by atoms with Crippen LogP contribution < -0.4 is 16.0 Å². The third-order valence-corrected chi connectivity index (χ3v) is 5.36. The summed E-state index contributed by atoms with van der Waals surface area (Å²) in [6.45, 7) is 0. The van der Waals surface area contributed by atoms with E-state index in [0.717, 1.165) is 29.6 Å². The molecule has 0 atom stereocenters. The fourth-order valence-corrected chi connectivity index (χ4v) is 3.56. The third kappa shape index (κ3) is 4.65. The first-order chi connectivity index (χ1) is 14.1. The van der Waals surface area contributed by atoms with Crippen molar-refractivity contribution >= 4 is 46.0 Å². The van der Waals surface area contributed by atoms with Crippen molar-refractivity contribution in [3.63, 3.8) is 0 Å². The molecule has 1 aliphatic carbocycles. The third-order valence-electron chi connectivity index (χ3n) is 4.51. The maximum absolute atomic E-state index is 12.5. The number of anilines is 2. The van der Waals surface area contributed by atoms with E-state index in [1.54, 1.807) is 31.3 Å². The summed E-state index contributed by atoms with van der Waals surface area (Å²) >= 11 is 1.25. The van der Waals surface area contributed by atoms with Crippen LogP contribution >= 0.6 is 11.8 Å². The number of carbonyl (C=O) groups is 2. The van der Waals surface area contributed by atoms with Crippen molar-refractivity contribution in [3.05, 3.63) is 54.1 Å². The molecule has 29 heavy (non-hydrogen) atoms. The molecule has 0 bridgehead atoms. The molecule has 0 spiro atoms. The Morgan fingerprint density at radius 2 is 1.83 bits per heavy atom. The number of benzene rings is 2. The lowest BCUT2D eigenvalue weighted by Gasteiger charge is -2.11. The van der Waals surface area contributed by atoms with E-state index in [0.29, 0.717) is 16.4 Å². The van der Waals surface area contributed by atoms with E-state index in [1.165, 1.54) is 11.8 Å². The van der Waals surface area contributed by atoms with Crippen LogP contribution in [0.3, 0.4) is 0 Å². The molecule has 0 saturated heterocycles. The van der Waals surface area contributed by atoms with E-state index < -0.39 is 0 Å². The van der Waals surface area contributed by atoms with Crippen LogP contribution in [0.1, 0.15) is 23.2 Å². The van der Waals surface area contributed by atoms with Gasteiger partial charge < -0.3 is 16.0 Å². The van der Waals surface area contributed by atoms with Crippen LogP contribution in [-0.4, -0.2) is 40.6 Å². The minimum atomic E-state index is -0.218. The zero-order valence-corrected chi connectivity index (χ0v) is 16.8. The number of nitrogens with zero attached hydrogens (tertiary/aromatic N) is 2. The smallest absolute Gasteiger partial charge is 0.253 e. The minimum absolute atomic E-state index is 0.139. The fraction of sp³-hybridized carbons (Fsp3) is 0.238. The average molecular weight is 407 g/mol. The quantitative estimate of drug-likeness (QED) is 0.411. The molecule has 1 heterocycles. The summed E-state index contributed by atoms with van der Waals surface area (Å²) in [5.74, 6) is 0.484. The molecule has 2 amide bonds. The lowest BCUT2D eigenvalue weighted by atomic mass is 10.1. The van der Waals surface area contributed by atoms with Crippen molar-refractivity contribution < 1.29 is 9.59 Å². The number of fused-ring (bicyclic) bond motifs is 1. The SMILES string of the molecule is CNc1nc(SCC(=O)Nc2ccccc2C(=O)NC2CC2)nc2ccccc12. The van der Waals surface area contributed by atoms with Crippen LogP contribution in [0.2, 0.25) is 0 Å². The topological polar surface area (TPSA) is 96.0 Å². The molecule has 0 unspecified atom stereocenters. The largest absolute Gasteiger partial charge is 0.372 e. The molecule has 148 valence electrons. The number of aromatic nitrogens is 2. The van der Waals surface area contributed by atoms with Crippen molar-refractivity contribution in [3.8, 4) is 0 Å². The number of hydrogen-bond donors (Lipinski definition) is 3. The Morgan fingerprint density at radius 3 is 2.62 bits per heavy atom. The summed E-state index contributed by atoms with van der Waals surface area (Å²) in [5, 5.41) is 10.3. The molecular formula is C21H21N5O2S. The number of thioether (sulfide) groups is 1. The second-order valence-electron chi connectivity index (χ2n) is 6.75. The van der Waals surface area contributed by atoms with E-state index in [4.69, 9.17) is 0 Å². The van der Waals surface area contributed by atoms with Gasteiger partial charge in [0.05, 0.1) is 22.5 Å². The number of hydrogen-bond acceptors (Lipinski definition) is 6. The lowest BCUT2D eigenvalue weighted by molar-refractivity contribution is -0.113. The first-order valence-corrected chi connectivity index (χ1v) is 10.4. The lowest BCUT2D eigenvalue weighted by Crippen LogP contribution is -2.27. The van der Waals surface area contributed by atoms with Gasteiger partial charge in [-0.05, 0) is 37.1 Å². The van der Waals surface area contributed by atoms with Gasteiger partial charge >= 0.3 is 0 Å². The zero-order valence-electron chi connectivity index (χ0n) is 15.9. The van der Waals surface area contributed by atoms with Gasteiger partial charge in [-0.2, -0.15) is 0 Å². The van der Waals surface area contributed by atoms with Gasteiger partial charge in [0.1, 0.15) is 5.82 Å². The number of amides is 2. The average Bonchev–Trinajstić information content (AvgIpc) is 3.56. The minimum Gasteiger partial charge on any atom is -0.372 e. The molecule has 3 N–H and O–H groups in total. The Morgan fingerprint density at radius 1 is 1.07 bits per heavy atom. The zero-order chi connectivity index (χ0) is 20.2. The molecule has 4 rings (SSSR count). The van der Waals surface area contributed by atoms with Gasteiger partial charge in [0.25, 0.3) is 5.91 Å². The summed E-state index contributed by atoms with van der Waals surface area (Å²) in [5.41, 5.74) is 1.79. The summed E-state index contributed by atoms with van der Waals surface area (Å²) in [7, 11) is 1.81. The molecule has 0 aliphatic heterocycles. The summed E-state index contributed by atoms with van der Waals surface area (Å²) < 4.78 is 0. The Balaban J connectivity index is 1.43. The van der Waals surface area contributed by atoms with E-state index in [-0.39, 0.29) is 23.6 Å². The maximum atomic E-state index is 12.5. The highest BCUT2D eigenvalue weighted by Crippen LogP contribution is 2.25. The number of para-hydroxylation sites is 2. The molecule has 3 aromatic rings. The van der Waals surface area contributed by atoms with Crippen LogP contribution in [0.5, 0.6) is 0 Å². The van der Waals surface area contributed by atoms with Gasteiger partial charge in [-0.15, -0.1) is 0 Å². The Bertz CT molecular complexity index is 1070. The molecule has 1 aliphatic rings. The van der Waals surface area contributed by atoms with Crippen LogP contribution in [0.25, 0.3) is 10.9 Å². The molecular weight excluding hydrogens is 386 g/mol. The highest BCUT2D eigenvalue weighted by atomic mass is 32.2. The highest BCUT2D eigenvalue weighted by molar-refractivity contribution is 7.99. The summed E-state index contributed by atoms with van der Waals surface area (Å²) in [4.78, 5) is 33.9. The van der Waals surface area contributed by atoms with Crippen LogP contribution in [0.4, 0.5) is 11.5 Å². The van der Waals surface area contributed by atoms with Crippen molar-refractivity contribution in [1.82, 2.24) is 15.3 Å². The molecule has 0 radical (unpaired) electrons. The Hall–Kier alpha value is -3.13. The first kappa shape index (κ1) is 19.2. The number of nitrogens with one attached hydrogen (secondary N) is 3. The van der Waals surface area contributed by atoms with Gasteiger partial charge in [-0.3, -0.25) is 9.59 Å². The highest BCUT2D eigenvalue weighted by Gasteiger charge is 2.25. The van der Waals surface area contributed by atoms with Crippen LogP contribution in [-0.2, 0) is 4.79 Å². The van der Waals surface area contributed by atoms with Crippen molar-refractivity contribution in [2.24, 2.45) is 0 Å². The molecule has 2 aromatic carbocycles. The summed E-state index contributed by atoms with van der Waals surface area (Å²) in [6.07, 6.45) is 2.02. The number of carbonyl (C=O) groups excluding carboxylic acids is 2. The standard InChI is InChI=1S/C21H21N5O2S/c1-22-19-14-6-2-4-8-16(14)25-21(26-19)29-12-18(27)24-17-9-5-3-7-15(17)20(28)23-13-10-11-13/h2-9,13H,10-12H2,1H3,(H,23,28)(H,24,27)(H,22,25,26). The molecule has 1 fully saturated rings. The van der Waals surface area contributed by atoms with Crippen molar-refractivity contribution in [2.45, 2.75) is 24.0 Å². The first-order valence-electron chi connectivity index (χ1n) is 9.41. The van der Waals surface area contributed by atoms with E-state index in [1.807, 2.05) is 24.3 Å². The van der Waals surface area contributed by atoms with E-state index in [2.05, 4.69) is 25.9 Å². The van der Waals surface area contributed by atoms with Gasteiger partial charge in [-0.1, -0.05) is 36.0 Å². The van der Waals surface area contributed by atoms with Gasteiger partial charge in [0, 0.05) is 18.5 Å². The molecule has 1 aromatic heterocycles. The van der Waals surface area contributed by atoms with Gasteiger partial charge in [-0.25, -0.2) is 9.97 Å². The van der Waals surface area contributed by atoms with Gasteiger partial charge in [0.2, 0.25) is 5.91 Å². The second kappa shape index (κ2) is 8.48. The monoisotopic (exact) mass is 407 g/mol. The second-order valence-corrected chi connectivity index (χ2v) is 7.69. The molecule has 1 saturated carbocycles. The van der Waals surface area contributed by atoms with Gasteiger partial charge in [0.15, 0.2) is 5.16 Å². The fourth-order valence-electron chi connectivity index (χ4n) is 2.91. The van der Waals surface area contributed by atoms with Crippen molar-refractivity contribution in [2.75, 3.05) is 23.4 Å². The van der Waals surface area contributed by atoms with Crippen LogP contribution in [0, 0.1) is 0 Å².